The number of nitrogens with one attached hydrogen (secondary N) is 1. The second-order valence-corrected chi connectivity index (χ2v) is 4.78. The summed E-state index contributed by atoms with van der Waals surface area (Å²) in [6, 6.07) is 9.64. The van der Waals surface area contributed by atoms with E-state index in [9.17, 15) is 0 Å². The molecule has 2 aromatic rings. The Bertz CT molecular complexity index is 583. The Morgan fingerprint density at radius 1 is 1.44 bits per heavy atom. The van der Waals surface area contributed by atoms with Gasteiger partial charge in [0, 0.05) is 42.1 Å². The first-order valence-corrected chi connectivity index (χ1v) is 6.40. The molecule has 0 bridgehead atoms. The molecule has 4 nitrogen and oxygen atoms in total. The monoisotopic (exact) mass is 304 g/mol. The Hall–Kier alpha value is -1.80. The van der Waals surface area contributed by atoms with Crippen LogP contribution < -0.4 is 5.32 Å². The van der Waals surface area contributed by atoms with Crippen LogP contribution in [0.2, 0.25) is 0 Å². The van der Waals surface area contributed by atoms with E-state index in [4.69, 9.17) is 5.26 Å². The SMILES string of the molecule is Cn1nccc1CCNc1ccc(C#N)cc1Br. The van der Waals surface area contributed by atoms with Crippen LogP contribution in [0.4, 0.5) is 5.69 Å². The van der Waals surface area contributed by atoms with E-state index in [0.717, 1.165) is 23.1 Å². The molecule has 0 amide bonds. The molecule has 0 fully saturated rings. The van der Waals surface area contributed by atoms with Crippen LogP contribution in [-0.4, -0.2) is 16.3 Å². The second kappa shape index (κ2) is 5.69. The number of benzene rings is 1. The predicted octanol–water partition coefficient (Wildman–Crippen LogP) is 2.71. The molecular formula is C13H13BrN4. The van der Waals surface area contributed by atoms with Crippen LogP contribution in [0.3, 0.4) is 0 Å². The fourth-order valence-electron chi connectivity index (χ4n) is 1.70. The van der Waals surface area contributed by atoms with Gasteiger partial charge in [0.05, 0.1) is 11.6 Å². The number of aryl methyl sites for hydroxylation is 1. The fourth-order valence-corrected chi connectivity index (χ4v) is 2.22. The lowest BCUT2D eigenvalue weighted by Gasteiger charge is -2.08. The van der Waals surface area contributed by atoms with Crippen LogP contribution >= 0.6 is 15.9 Å². The smallest absolute Gasteiger partial charge is 0.0992 e. The molecule has 0 radical (unpaired) electrons. The molecule has 1 heterocycles. The summed E-state index contributed by atoms with van der Waals surface area (Å²) in [4.78, 5) is 0. The molecule has 1 aromatic carbocycles. The molecule has 92 valence electrons. The summed E-state index contributed by atoms with van der Waals surface area (Å²) in [7, 11) is 1.94. The zero-order valence-corrected chi connectivity index (χ0v) is 11.6. The number of hydrogen-bond donors (Lipinski definition) is 1. The normalized spacial score (nSPS) is 10.1. The van der Waals surface area contributed by atoms with Crippen molar-refractivity contribution in [3.63, 3.8) is 0 Å². The minimum atomic E-state index is 0.652. The largest absolute Gasteiger partial charge is 0.384 e. The molecular weight excluding hydrogens is 292 g/mol. The van der Waals surface area contributed by atoms with Gasteiger partial charge in [0.15, 0.2) is 0 Å². The minimum Gasteiger partial charge on any atom is -0.384 e. The Morgan fingerprint density at radius 3 is 2.89 bits per heavy atom. The van der Waals surface area contributed by atoms with Crippen LogP contribution in [0.25, 0.3) is 0 Å². The van der Waals surface area contributed by atoms with Crippen molar-refractivity contribution in [1.82, 2.24) is 9.78 Å². The molecule has 5 heteroatoms. The number of hydrogen-bond acceptors (Lipinski definition) is 3. The zero-order chi connectivity index (χ0) is 13.0. The maximum atomic E-state index is 8.78. The highest BCUT2D eigenvalue weighted by atomic mass is 79.9. The molecule has 0 spiro atoms. The minimum absolute atomic E-state index is 0.652. The van der Waals surface area contributed by atoms with Crippen molar-refractivity contribution in [3.8, 4) is 6.07 Å². The third-order valence-corrected chi connectivity index (χ3v) is 3.37. The van der Waals surface area contributed by atoms with E-state index in [0.29, 0.717) is 5.56 Å². The Morgan fingerprint density at radius 2 is 2.28 bits per heavy atom. The van der Waals surface area contributed by atoms with Gasteiger partial charge in [-0.3, -0.25) is 4.68 Å². The molecule has 0 saturated heterocycles. The van der Waals surface area contributed by atoms with Gasteiger partial charge in [0.1, 0.15) is 0 Å². The highest BCUT2D eigenvalue weighted by Crippen LogP contribution is 2.23. The summed E-state index contributed by atoms with van der Waals surface area (Å²) in [5.41, 5.74) is 2.84. The van der Waals surface area contributed by atoms with E-state index in [-0.39, 0.29) is 0 Å². The lowest BCUT2D eigenvalue weighted by atomic mass is 10.2. The van der Waals surface area contributed by atoms with Crippen molar-refractivity contribution < 1.29 is 0 Å². The highest BCUT2D eigenvalue weighted by molar-refractivity contribution is 9.10. The first-order chi connectivity index (χ1) is 8.70. The standard InChI is InChI=1S/C13H13BrN4/c1-18-11(5-7-17-18)4-6-16-13-3-2-10(9-15)8-12(13)14/h2-3,5,7-8,16H,4,6H2,1H3. The first kappa shape index (κ1) is 12.7. The van der Waals surface area contributed by atoms with E-state index in [2.05, 4.69) is 32.4 Å². The molecule has 18 heavy (non-hydrogen) atoms. The summed E-state index contributed by atoms with van der Waals surface area (Å²) in [5.74, 6) is 0. The van der Waals surface area contributed by atoms with Gasteiger partial charge in [0.25, 0.3) is 0 Å². The summed E-state index contributed by atoms with van der Waals surface area (Å²) < 4.78 is 2.78. The van der Waals surface area contributed by atoms with Crippen LogP contribution in [0.1, 0.15) is 11.3 Å². The number of nitriles is 1. The van der Waals surface area contributed by atoms with E-state index in [1.165, 1.54) is 5.69 Å². The molecule has 0 unspecified atom stereocenters. The van der Waals surface area contributed by atoms with Crippen LogP contribution in [-0.2, 0) is 13.5 Å². The summed E-state index contributed by atoms with van der Waals surface area (Å²) >= 11 is 3.45. The molecule has 2 rings (SSSR count). The fraction of sp³-hybridized carbons (Fsp3) is 0.231. The summed E-state index contributed by atoms with van der Waals surface area (Å²) in [5, 5.41) is 16.2. The number of aromatic nitrogens is 2. The number of anilines is 1. The highest BCUT2D eigenvalue weighted by Gasteiger charge is 2.02. The van der Waals surface area contributed by atoms with Crippen LogP contribution in [0, 0.1) is 11.3 Å². The average Bonchev–Trinajstić information content (AvgIpc) is 2.77. The van der Waals surface area contributed by atoms with Crippen LogP contribution in [0.5, 0.6) is 0 Å². The van der Waals surface area contributed by atoms with E-state index >= 15 is 0 Å². The van der Waals surface area contributed by atoms with Gasteiger partial charge in [-0.2, -0.15) is 10.4 Å². The van der Waals surface area contributed by atoms with Crippen molar-refractivity contribution in [1.29, 1.82) is 5.26 Å². The Labute approximate surface area is 114 Å². The zero-order valence-electron chi connectivity index (χ0n) is 10.0. The van der Waals surface area contributed by atoms with E-state index < -0.39 is 0 Å². The van der Waals surface area contributed by atoms with Crippen LogP contribution in [0.15, 0.2) is 34.9 Å². The van der Waals surface area contributed by atoms with Crippen molar-refractivity contribution in [2.45, 2.75) is 6.42 Å². The quantitative estimate of drug-likeness (QED) is 0.945. The summed E-state index contributed by atoms with van der Waals surface area (Å²) in [6.07, 6.45) is 2.70. The van der Waals surface area contributed by atoms with E-state index in [1.54, 1.807) is 12.3 Å². The average molecular weight is 305 g/mol. The number of nitrogens with zero attached hydrogens (tertiary/aromatic N) is 3. The lowest BCUT2D eigenvalue weighted by molar-refractivity contribution is 0.711. The number of rotatable bonds is 4. The van der Waals surface area contributed by atoms with Crippen molar-refractivity contribution >= 4 is 21.6 Å². The lowest BCUT2D eigenvalue weighted by Crippen LogP contribution is -2.08. The van der Waals surface area contributed by atoms with Gasteiger partial charge in [-0.25, -0.2) is 0 Å². The first-order valence-electron chi connectivity index (χ1n) is 5.61. The van der Waals surface area contributed by atoms with Gasteiger partial charge in [-0.15, -0.1) is 0 Å². The molecule has 1 aromatic heterocycles. The third kappa shape index (κ3) is 2.90. The Kier molecular flexibility index (Phi) is 4.00. The van der Waals surface area contributed by atoms with Gasteiger partial charge < -0.3 is 5.32 Å². The molecule has 0 aliphatic carbocycles. The Balaban J connectivity index is 1.95. The summed E-state index contributed by atoms with van der Waals surface area (Å²) in [6.45, 7) is 0.823. The third-order valence-electron chi connectivity index (χ3n) is 2.72. The van der Waals surface area contributed by atoms with Gasteiger partial charge in [-0.1, -0.05) is 0 Å². The maximum Gasteiger partial charge on any atom is 0.0992 e. The van der Waals surface area contributed by atoms with Crippen molar-refractivity contribution in [2.75, 3.05) is 11.9 Å². The predicted molar refractivity (Wildman–Crippen MR) is 74.3 cm³/mol. The van der Waals surface area contributed by atoms with Crippen molar-refractivity contribution in [3.05, 3.63) is 46.2 Å². The second-order valence-electron chi connectivity index (χ2n) is 3.93. The molecule has 0 aliphatic heterocycles. The van der Waals surface area contributed by atoms with Crippen molar-refractivity contribution in [2.24, 2.45) is 7.05 Å². The molecule has 0 aliphatic rings. The van der Waals surface area contributed by atoms with Gasteiger partial charge in [0.2, 0.25) is 0 Å². The topological polar surface area (TPSA) is 53.6 Å². The van der Waals surface area contributed by atoms with E-state index in [1.807, 2.05) is 29.9 Å². The molecule has 0 saturated carbocycles. The molecule has 0 atom stereocenters. The maximum absolute atomic E-state index is 8.78. The molecule has 1 N–H and O–H groups in total. The number of halogens is 1. The van der Waals surface area contributed by atoms with Gasteiger partial charge in [-0.05, 0) is 40.2 Å². The van der Waals surface area contributed by atoms with Gasteiger partial charge >= 0.3 is 0 Å².